The first kappa shape index (κ1) is 31.2. The summed E-state index contributed by atoms with van der Waals surface area (Å²) < 4.78 is 51.0. The van der Waals surface area contributed by atoms with Gasteiger partial charge in [0.15, 0.2) is 11.6 Å². The molecule has 2 aromatic heterocycles. The van der Waals surface area contributed by atoms with Gasteiger partial charge >= 0.3 is 11.5 Å². The molecule has 0 atom stereocenters. The molecular formula is C32H28ClF3N6O4. The van der Waals surface area contributed by atoms with Gasteiger partial charge < -0.3 is 24.2 Å². The minimum Gasteiger partial charge on any atom is -0.477 e. The van der Waals surface area contributed by atoms with Crippen molar-refractivity contribution < 1.29 is 27.8 Å². The summed E-state index contributed by atoms with van der Waals surface area (Å²) in [6.07, 6.45) is 4.80. The Kier molecular flexibility index (Phi) is 8.50. The van der Waals surface area contributed by atoms with Crippen molar-refractivity contribution in [2.75, 3.05) is 49.1 Å². The highest BCUT2D eigenvalue weighted by Crippen LogP contribution is 2.43. The molecule has 0 unspecified atom stereocenters. The number of alkyl halides is 3. The molecule has 0 saturated carbocycles. The Hall–Kier alpha value is -4.80. The van der Waals surface area contributed by atoms with Gasteiger partial charge in [-0.1, -0.05) is 12.1 Å². The first-order valence-corrected chi connectivity index (χ1v) is 15.0. The number of pyridine rings is 2. The number of carboxylic acids is 1. The standard InChI is InChI=1S/C32H28ClF3N6O4/c33-32(35,36)46-29-26-23(16-25(34)27(29)40-12-14-41(15-13-40)30-21(17-37)4-3-9-38-30)28(43)24(31(44)45)19-42(26)22-7-5-20(6-8-22)18-39-10-1-2-11-39/h3-9,16,19H,1-2,10-15,18H2,(H,44,45). The topological polar surface area (TPSA) is 115 Å². The Morgan fingerprint density at radius 2 is 1.74 bits per heavy atom. The van der Waals surface area contributed by atoms with Gasteiger partial charge in [0.2, 0.25) is 5.43 Å². The lowest BCUT2D eigenvalue weighted by atomic mass is 10.1. The van der Waals surface area contributed by atoms with Crippen molar-refractivity contribution in [1.82, 2.24) is 14.5 Å². The van der Waals surface area contributed by atoms with Crippen LogP contribution in [-0.2, 0) is 6.54 Å². The Balaban J connectivity index is 1.48. The monoisotopic (exact) mass is 652 g/mol. The van der Waals surface area contributed by atoms with Crippen LogP contribution in [0.5, 0.6) is 5.75 Å². The molecule has 2 aromatic carbocycles. The molecule has 2 saturated heterocycles. The van der Waals surface area contributed by atoms with Gasteiger partial charge in [-0.15, -0.1) is 8.78 Å². The van der Waals surface area contributed by atoms with Gasteiger partial charge in [-0.3, -0.25) is 9.69 Å². The molecule has 0 amide bonds. The number of aromatic carboxylic acids is 1. The highest BCUT2D eigenvalue weighted by Gasteiger charge is 2.35. The number of aromatic nitrogens is 2. The minimum atomic E-state index is -4.31. The van der Waals surface area contributed by atoms with Crippen LogP contribution in [0.25, 0.3) is 16.6 Å². The first-order chi connectivity index (χ1) is 22.0. The van der Waals surface area contributed by atoms with E-state index in [9.17, 15) is 28.7 Å². The number of nitrogens with zero attached hydrogens (tertiary/aromatic N) is 6. The number of anilines is 2. The van der Waals surface area contributed by atoms with Crippen LogP contribution in [0.1, 0.15) is 34.3 Å². The number of hydrogen-bond donors (Lipinski definition) is 1. The zero-order valence-corrected chi connectivity index (χ0v) is 25.2. The number of carboxylic acid groups (broad SMARTS) is 1. The average Bonchev–Trinajstić information content (AvgIpc) is 3.54. The lowest BCUT2D eigenvalue weighted by Gasteiger charge is -2.38. The molecule has 1 N–H and O–H groups in total. The third-order valence-corrected chi connectivity index (χ3v) is 8.32. The number of fused-ring (bicyclic) bond motifs is 1. The number of piperazine rings is 1. The molecule has 2 aliphatic rings. The molecule has 46 heavy (non-hydrogen) atoms. The van der Waals surface area contributed by atoms with E-state index in [2.05, 4.69) is 16.0 Å². The van der Waals surface area contributed by atoms with Crippen LogP contribution in [0.2, 0.25) is 0 Å². The van der Waals surface area contributed by atoms with Crippen LogP contribution in [0, 0.1) is 17.1 Å². The predicted octanol–water partition coefficient (Wildman–Crippen LogP) is 5.18. The van der Waals surface area contributed by atoms with Crippen molar-refractivity contribution in [3.8, 4) is 17.5 Å². The molecule has 0 aliphatic carbocycles. The van der Waals surface area contributed by atoms with Gasteiger partial charge in [0.1, 0.15) is 28.7 Å². The first-order valence-electron chi connectivity index (χ1n) is 14.6. The number of halogens is 4. The van der Waals surface area contributed by atoms with Gasteiger partial charge in [-0.2, -0.15) is 5.26 Å². The molecule has 4 aromatic rings. The largest absolute Gasteiger partial charge is 0.487 e. The normalized spacial score (nSPS) is 15.7. The summed E-state index contributed by atoms with van der Waals surface area (Å²) in [6, 6.07) is 13.2. The molecule has 10 nitrogen and oxygen atoms in total. The Bertz CT molecular complexity index is 1890. The molecule has 0 spiro atoms. The lowest BCUT2D eigenvalue weighted by Crippen LogP contribution is -2.47. The van der Waals surface area contributed by atoms with Crippen molar-refractivity contribution in [2.24, 2.45) is 0 Å². The molecule has 0 radical (unpaired) electrons. The molecular weight excluding hydrogens is 625 g/mol. The second kappa shape index (κ2) is 12.5. The summed E-state index contributed by atoms with van der Waals surface area (Å²) >= 11 is 5.26. The maximum absolute atomic E-state index is 16.0. The van der Waals surface area contributed by atoms with Gasteiger partial charge in [0.25, 0.3) is 0 Å². The zero-order valence-electron chi connectivity index (χ0n) is 24.4. The second-order valence-electron chi connectivity index (χ2n) is 11.1. The van der Waals surface area contributed by atoms with Crippen LogP contribution in [0.15, 0.2) is 59.7 Å². The molecule has 2 fully saturated rings. The van der Waals surface area contributed by atoms with Crippen LogP contribution >= 0.6 is 11.6 Å². The van der Waals surface area contributed by atoms with E-state index < -0.39 is 39.5 Å². The molecule has 6 rings (SSSR count). The summed E-state index contributed by atoms with van der Waals surface area (Å²) in [7, 11) is 0. The Morgan fingerprint density at radius 3 is 2.37 bits per heavy atom. The molecule has 0 bridgehead atoms. The predicted molar refractivity (Wildman–Crippen MR) is 166 cm³/mol. The molecule has 238 valence electrons. The van der Waals surface area contributed by atoms with Gasteiger partial charge in [-0.05, 0) is 61.8 Å². The fraction of sp³-hybridized carbons (Fsp3) is 0.312. The number of hydrogen-bond acceptors (Lipinski definition) is 8. The van der Waals surface area contributed by atoms with E-state index in [1.807, 2.05) is 17.0 Å². The number of rotatable bonds is 8. The van der Waals surface area contributed by atoms with E-state index in [1.165, 1.54) is 9.47 Å². The third kappa shape index (κ3) is 6.18. The Labute approximate surface area is 266 Å². The van der Waals surface area contributed by atoms with Crippen LogP contribution < -0.4 is 20.0 Å². The van der Waals surface area contributed by atoms with E-state index >= 15 is 4.39 Å². The highest BCUT2D eigenvalue weighted by molar-refractivity contribution is 6.21. The van der Waals surface area contributed by atoms with Crippen molar-refractivity contribution in [2.45, 2.75) is 25.0 Å². The van der Waals surface area contributed by atoms with Crippen molar-refractivity contribution in [3.05, 3.63) is 87.6 Å². The summed E-state index contributed by atoms with van der Waals surface area (Å²) in [5.74, 6) is -2.91. The SMILES string of the molecule is N#Cc1cccnc1N1CCN(c2c(F)cc3c(=O)c(C(=O)O)cn(-c4ccc(CN5CCCC5)cc4)c3c2OC(F)(F)Cl)CC1. The highest BCUT2D eigenvalue weighted by atomic mass is 35.5. The van der Waals surface area contributed by atoms with E-state index in [1.54, 1.807) is 30.5 Å². The molecule has 14 heteroatoms. The number of likely N-dealkylation sites (tertiary alicyclic amines) is 1. The van der Waals surface area contributed by atoms with Crippen LogP contribution in [0.4, 0.5) is 24.7 Å². The average molecular weight is 653 g/mol. The third-order valence-electron chi connectivity index (χ3n) is 8.24. The van der Waals surface area contributed by atoms with Gasteiger partial charge in [0.05, 0.1) is 10.9 Å². The van der Waals surface area contributed by atoms with E-state index in [0.717, 1.165) is 43.8 Å². The smallest absolute Gasteiger partial charge is 0.477 e. The van der Waals surface area contributed by atoms with Gasteiger partial charge in [-0.25, -0.2) is 14.2 Å². The van der Waals surface area contributed by atoms with E-state index in [0.29, 0.717) is 23.6 Å². The Morgan fingerprint density at radius 1 is 1.07 bits per heavy atom. The number of ether oxygens (including phenoxy) is 1. The fourth-order valence-electron chi connectivity index (χ4n) is 6.12. The zero-order chi connectivity index (χ0) is 32.6. The van der Waals surface area contributed by atoms with Crippen LogP contribution in [0.3, 0.4) is 0 Å². The van der Waals surface area contributed by atoms with Gasteiger partial charge in [0, 0.05) is 62.4 Å². The summed E-state index contributed by atoms with van der Waals surface area (Å²) in [4.78, 5) is 35.3. The summed E-state index contributed by atoms with van der Waals surface area (Å²) in [5.41, 5.74) is -5.02. The van der Waals surface area contributed by atoms with E-state index in [-0.39, 0.29) is 37.4 Å². The molecule has 2 aliphatic heterocycles. The van der Waals surface area contributed by atoms with Crippen molar-refractivity contribution in [1.29, 1.82) is 5.26 Å². The fourth-order valence-corrected chi connectivity index (χ4v) is 6.20. The van der Waals surface area contributed by atoms with Crippen LogP contribution in [-0.4, -0.2) is 70.4 Å². The van der Waals surface area contributed by atoms with Crippen molar-refractivity contribution in [3.63, 3.8) is 0 Å². The lowest BCUT2D eigenvalue weighted by molar-refractivity contribution is -0.0955. The maximum atomic E-state index is 16.0. The summed E-state index contributed by atoms with van der Waals surface area (Å²) in [6.45, 7) is 3.38. The number of carbonyl (C=O) groups is 1. The second-order valence-corrected chi connectivity index (χ2v) is 11.6. The summed E-state index contributed by atoms with van der Waals surface area (Å²) in [5, 5.41) is 18.8. The minimum absolute atomic E-state index is 0.108. The molecule has 4 heterocycles. The van der Waals surface area contributed by atoms with Crippen molar-refractivity contribution >= 4 is 40.0 Å². The number of benzene rings is 2. The quantitative estimate of drug-likeness (QED) is 0.257. The maximum Gasteiger partial charge on any atom is 0.487 e. The number of nitriles is 1. The van der Waals surface area contributed by atoms with E-state index in [4.69, 9.17) is 16.3 Å².